The summed E-state index contributed by atoms with van der Waals surface area (Å²) in [4.78, 5) is 25.1. The van der Waals surface area contributed by atoms with Crippen molar-refractivity contribution in [3.63, 3.8) is 0 Å². The van der Waals surface area contributed by atoms with Gasteiger partial charge in [0.2, 0.25) is 0 Å². The molecule has 0 heterocycles. The average Bonchev–Trinajstić information content (AvgIpc) is 3.18. The van der Waals surface area contributed by atoms with E-state index in [1.165, 1.54) is 0 Å². The Morgan fingerprint density at radius 1 is 1.53 bits per heavy atom. The first-order valence-corrected chi connectivity index (χ1v) is 7.99. The van der Waals surface area contributed by atoms with E-state index in [0.717, 1.165) is 25.0 Å². The molecule has 0 aromatic heterocycles. The highest BCUT2D eigenvalue weighted by Gasteiger charge is 2.49. The minimum absolute atomic E-state index is 0.0591. The van der Waals surface area contributed by atoms with Crippen molar-refractivity contribution in [2.45, 2.75) is 44.7 Å². The van der Waals surface area contributed by atoms with Crippen molar-refractivity contribution in [3.8, 4) is 0 Å². The molecule has 19 heavy (non-hydrogen) atoms. The maximum atomic E-state index is 12.1. The maximum absolute atomic E-state index is 12.1. The molecule has 1 rings (SSSR count). The molecule has 110 valence electrons. The third-order valence-electron chi connectivity index (χ3n) is 3.93. The summed E-state index contributed by atoms with van der Waals surface area (Å²) in [5, 5.41) is 12.0. The largest absolute Gasteiger partial charge is 0.480 e. The van der Waals surface area contributed by atoms with Crippen LogP contribution in [-0.2, 0) is 4.79 Å². The van der Waals surface area contributed by atoms with Crippen LogP contribution in [0, 0.1) is 5.92 Å². The summed E-state index contributed by atoms with van der Waals surface area (Å²) in [5.41, 5.74) is -1.13. The summed E-state index contributed by atoms with van der Waals surface area (Å²) in [5.74, 6) is 0.0924. The normalized spacial score (nSPS) is 19.4. The van der Waals surface area contributed by atoms with Crippen molar-refractivity contribution < 1.29 is 14.7 Å². The number of urea groups is 1. The zero-order chi connectivity index (χ0) is 14.6. The van der Waals surface area contributed by atoms with Gasteiger partial charge in [-0.25, -0.2) is 9.59 Å². The quantitative estimate of drug-likeness (QED) is 0.752. The Labute approximate surface area is 119 Å². The zero-order valence-electron chi connectivity index (χ0n) is 12.1. The van der Waals surface area contributed by atoms with Crippen molar-refractivity contribution in [1.82, 2.24) is 10.2 Å². The van der Waals surface area contributed by atoms with E-state index in [4.69, 9.17) is 0 Å². The molecule has 2 amide bonds. The molecule has 5 nitrogen and oxygen atoms in total. The number of aliphatic carboxylic acids is 1. The van der Waals surface area contributed by atoms with Crippen LogP contribution in [0.4, 0.5) is 4.79 Å². The molecular formula is C13H24N2O3S. The van der Waals surface area contributed by atoms with Crippen LogP contribution in [0.3, 0.4) is 0 Å². The van der Waals surface area contributed by atoms with Crippen LogP contribution in [0.2, 0.25) is 0 Å². The summed E-state index contributed by atoms with van der Waals surface area (Å²) < 4.78 is 0. The van der Waals surface area contributed by atoms with E-state index in [1.807, 2.05) is 13.2 Å². The average molecular weight is 288 g/mol. The zero-order valence-corrected chi connectivity index (χ0v) is 12.9. The monoisotopic (exact) mass is 288 g/mol. The Bertz CT molecular complexity index is 347. The lowest BCUT2D eigenvalue weighted by Gasteiger charge is -2.31. The smallest absolute Gasteiger partial charge is 0.329 e. The first kappa shape index (κ1) is 16.1. The first-order valence-electron chi connectivity index (χ1n) is 6.60. The van der Waals surface area contributed by atoms with Gasteiger partial charge in [-0.2, -0.15) is 11.8 Å². The number of hydrogen-bond donors (Lipinski definition) is 2. The van der Waals surface area contributed by atoms with Crippen molar-refractivity contribution in [3.05, 3.63) is 0 Å². The molecule has 1 saturated carbocycles. The molecule has 0 saturated heterocycles. The number of amides is 2. The second kappa shape index (κ2) is 6.50. The highest BCUT2D eigenvalue weighted by atomic mass is 32.2. The molecule has 2 unspecified atom stereocenters. The van der Waals surface area contributed by atoms with Gasteiger partial charge >= 0.3 is 12.0 Å². The molecule has 0 radical (unpaired) electrons. The summed E-state index contributed by atoms with van der Waals surface area (Å²) in [6, 6.07) is -0.199. The highest BCUT2D eigenvalue weighted by Crippen LogP contribution is 2.39. The lowest BCUT2D eigenvalue weighted by molar-refractivity contribution is -0.144. The molecule has 2 atom stereocenters. The summed E-state index contributed by atoms with van der Waals surface area (Å²) in [6.07, 6.45) is 4.67. The number of thioether (sulfide) groups is 1. The molecule has 0 aromatic carbocycles. The van der Waals surface area contributed by atoms with Gasteiger partial charge in [0.15, 0.2) is 0 Å². The topological polar surface area (TPSA) is 69.6 Å². The molecule has 2 N–H and O–H groups in total. The predicted octanol–water partition coefficient (Wildman–Crippen LogP) is 2.02. The fourth-order valence-electron chi connectivity index (χ4n) is 1.98. The molecule has 1 aliphatic carbocycles. The lowest BCUT2D eigenvalue weighted by Crippen LogP contribution is -2.58. The molecule has 1 aliphatic rings. The number of carboxylic acid groups (broad SMARTS) is 1. The first-order chi connectivity index (χ1) is 8.82. The van der Waals surface area contributed by atoms with Gasteiger partial charge in [-0.1, -0.05) is 0 Å². The predicted molar refractivity (Wildman–Crippen MR) is 77.5 cm³/mol. The van der Waals surface area contributed by atoms with Crippen LogP contribution in [0.1, 0.15) is 33.1 Å². The van der Waals surface area contributed by atoms with Crippen molar-refractivity contribution in [1.29, 1.82) is 0 Å². The van der Waals surface area contributed by atoms with Crippen LogP contribution in [-0.4, -0.2) is 52.6 Å². The summed E-state index contributed by atoms with van der Waals surface area (Å²) >= 11 is 1.74. The van der Waals surface area contributed by atoms with Crippen LogP contribution >= 0.6 is 11.8 Å². The Kier molecular flexibility index (Phi) is 5.52. The van der Waals surface area contributed by atoms with E-state index >= 15 is 0 Å². The van der Waals surface area contributed by atoms with Crippen molar-refractivity contribution >= 4 is 23.8 Å². The third-order valence-corrected chi connectivity index (χ3v) is 4.57. The maximum Gasteiger partial charge on any atom is 0.329 e. The standard InChI is InChI=1S/C13H24N2O3S/c1-9(7-8-19-4)15(3)12(18)14-13(2,11(16)17)10-5-6-10/h9-10H,5-8H2,1-4H3,(H,14,18)(H,16,17). The number of nitrogens with one attached hydrogen (secondary N) is 1. The summed E-state index contributed by atoms with van der Waals surface area (Å²) in [6.45, 7) is 3.58. The minimum Gasteiger partial charge on any atom is -0.480 e. The minimum atomic E-state index is -1.13. The SMILES string of the molecule is CSCCC(C)N(C)C(=O)NC(C)(C(=O)O)C1CC1. The van der Waals surface area contributed by atoms with Crippen LogP contribution < -0.4 is 5.32 Å². The second-order valence-electron chi connectivity index (χ2n) is 5.45. The molecule has 0 bridgehead atoms. The van der Waals surface area contributed by atoms with E-state index in [-0.39, 0.29) is 18.0 Å². The molecule has 6 heteroatoms. The molecule has 0 aliphatic heterocycles. The van der Waals surface area contributed by atoms with Gasteiger partial charge in [-0.15, -0.1) is 0 Å². The van der Waals surface area contributed by atoms with Gasteiger partial charge in [0.05, 0.1) is 0 Å². The van der Waals surface area contributed by atoms with Crippen LogP contribution in [0.25, 0.3) is 0 Å². The van der Waals surface area contributed by atoms with E-state index < -0.39 is 11.5 Å². The van der Waals surface area contributed by atoms with Crippen LogP contribution in [0.15, 0.2) is 0 Å². The Hall–Kier alpha value is -0.910. The fraction of sp³-hybridized carbons (Fsp3) is 0.846. The Morgan fingerprint density at radius 2 is 2.11 bits per heavy atom. The van der Waals surface area contributed by atoms with E-state index in [9.17, 15) is 14.7 Å². The molecular weight excluding hydrogens is 264 g/mol. The number of carbonyl (C=O) groups excluding carboxylic acids is 1. The molecule has 0 spiro atoms. The number of nitrogens with zero attached hydrogens (tertiary/aromatic N) is 1. The second-order valence-corrected chi connectivity index (χ2v) is 6.44. The lowest BCUT2D eigenvalue weighted by atomic mass is 9.96. The van der Waals surface area contributed by atoms with Gasteiger partial charge in [0, 0.05) is 13.1 Å². The third kappa shape index (κ3) is 4.03. The number of rotatable bonds is 7. The van der Waals surface area contributed by atoms with E-state index in [2.05, 4.69) is 5.32 Å². The number of hydrogen-bond acceptors (Lipinski definition) is 3. The molecule has 0 aromatic rings. The Morgan fingerprint density at radius 3 is 2.53 bits per heavy atom. The van der Waals surface area contributed by atoms with E-state index in [1.54, 1.807) is 30.6 Å². The van der Waals surface area contributed by atoms with Gasteiger partial charge in [-0.3, -0.25) is 0 Å². The van der Waals surface area contributed by atoms with Crippen molar-refractivity contribution in [2.24, 2.45) is 5.92 Å². The number of carboxylic acids is 1. The fourth-order valence-corrected chi connectivity index (χ4v) is 2.56. The van der Waals surface area contributed by atoms with Gasteiger partial charge in [0.25, 0.3) is 0 Å². The van der Waals surface area contributed by atoms with E-state index in [0.29, 0.717) is 0 Å². The Balaban J connectivity index is 2.59. The van der Waals surface area contributed by atoms with Crippen LogP contribution in [0.5, 0.6) is 0 Å². The van der Waals surface area contributed by atoms with Crippen molar-refractivity contribution in [2.75, 3.05) is 19.1 Å². The number of carbonyl (C=O) groups is 2. The van der Waals surface area contributed by atoms with Gasteiger partial charge in [-0.05, 0) is 51.0 Å². The molecule has 1 fully saturated rings. The summed E-state index contributed by atoms with van der Waals surface area (Å²) in [7, 11) is 1.72. The van der Waals surface area contributed by atoms with Gasteiger partial charge in [0.1, 0.15) is 5.54 Å². The van der Waals surface area contributed by atoms with Gasteiger partial charge < -0.3 is 15.3 Å². The highest BCUT2D eigenvalue weighted by molar-refractivity contribution is 7.98.